The summed E-state index contributed by atoms with van der Waals surface area (Å²) in [5, 5.41) is 0. The van der Waals surface area contributed by atoms with Gasteiger partial charge in [-0.1, -0.05) is 84.0 Å². The second-order valence-corrected chi connectivity index (χ2v) is 7.03. The molecule has 0 aliphatic carbocycles. The van der Waals surface area contributed by atoms with Crippen molar-refractivity contribution in [3.8, 4) is 5.88 Å². The molecule has 0 amide bonds. The van der Waals surface area contributed by atoms with Crippen LogP contribution in [-0.2, 0) is 6.54 Å². The van der Waals surface area contributed by atoms with Crippen LogP contribution in [0.3, 0.4) is 0 Å². The second-order valence-electron chi connectivity index (χ2n) is 7.03. The van der Waals surface area contributed by atoms with Gasteiger partial charge in [0, 0.05) is 12.5 Å². The molecule has 0 spiro atoms. The maximum atomic E-state index is 5.38. The van der Waals surface area contributed by atoms with E-state index in [1.165, 1.54) is 89.9 Å². The zero-order chi connectivity index (χ0) is 17.3. The lowest BCUT2D eigenvalue weighted by molar-refractivity contribution is -0.702. The van der Waals surface area contributed by atoms with Crippen LogP contribution in [0.25, 0.3) is 0 Å². The molecule has 0 aliphatic rings. The van der Waals surface area contributed by atoms with Crippen molar-refractivity contribution < 1.29 is 9.30 Å². The van der Waals surface area contributed by atoms with Gasteiger partial charge in [-0.2, -0.15) is 4.57 Å². The first kappa shape index (κ1) is 21.0. The van der Waals surface area contributed by atoms with Crippen molar-refractivity contribution in [2.75, 3.05) is 7.11 Å². The number of ether oxygens (including phenoxy) is 1. The number of hydrogen-bond acceptors (Lipinski definition) is 1. The summed E-state index contributed by atoms with van der Waals surface area (Å²) in [6.45, 7) is 3.36. The van der Waals surface area contributed by atoms with Crippen LogP contribution in [0.5, 0.6) is 5.88 Å². The highest BCUT2D eigenvalue weighted by Crippen LogP contribution is 2.13. The summed E-state index contributed by atoms with van der Waals surface area (Å²) < 4.78 is 7.59. The van der Waals surface area contributed by atoms with Crippen LogP contribution in [0.2, 0.25) is 0 Å². The maximum absolute atomic E-state index is 5.38. The molecular formula is C22H40NO+. The van der Waals surface area contributed by atoms with E-state index in [9.17, 15) is 0 Å². The third kappa shape index (κ3) is 10.7. The predicted octanol–water partition coefficient (Wildman–Crippen LogP) is 6.46. The van der Waals surface area contributed by atoms with Crippen molar-refractivity contribution in [1.29, 1.82) is 0 Å². The summed E-state index contributed by atoms with van der Waals surface area (Å²) in [7, 11) is 1.75. The average molecular weight is 335 g/mol. The largest absolute Gasteiger partial charge is 0.448 e. The van der Waals surface area contributed by atoms with Crippen LogP contribution in [0.15, 0.2) is 24.4 Å². The van der Waals surface area contributed by atoms with Gasteiger partial charge in [0.1, 0.15) is 0 Å². The summed E-state index contributed by atoms with van der Waals surface area (Å²) in [6.07, 6.45) is 21.9. The minimum Gasteiger partial charge on any atom is -0.448 e. The number of methoxy groups -OCH3 is 1. The minimum absolute atomic E-state index is 0.965. The summed E-state index contributed by atoms with van der Waals surface area (Å²) in [6, 6.07) is 6.14. The molecule has 2 nitrogen and oxygen atoms in total. The molecule has 0 atom stereocenters. The van der Waals surface area contributed by atoms with Crippen molar-refractivity contribution >= 4 is 0 Å². The molecule has 0 fully saturated rings. The van der Waals surface area contributed by atoms with Gasteiger partial charge in [-0.3, -0.25) is 0 Å². The number of unbranched alkanes of at least 4 members (excludes halogenated alkanes) is 13. The van der Waals surface area contributed by atoms with Crippen LogP contribution in [0, 0.1) is 0 Å². The topological polar surface area (TPSA) is 13.1 Å². The van der Waals surface area contributed by atoms with Crippen LogP contribution in [0.1, 0.15) is 96.8 Å². The Morgan fingerprint density at radius 2 is 1.21 bits per heavy atom. The molecule has 0 N–H and O–H groups in total. The van der Waals surface area contributed by atoms with Gasteiger partial charge < -0.3 is 4.74 Å². The maximum Gasteiger partial charge on any atom is 0.367 e. The number of aryl methyl sites for hydroxylation is 1. The Labute approximate surface area is 150 Å². The fourth-order valence-corrected chi connectivity index (χ4v) is 3.31. The molecule has 0 bridgehead atoms. The van der Waals surface area contributed by atoms with Gasteiger partial charge >= 0.3 is 5.88 Å². The SMILES string of the molecule is CCCCCCCCCCCCCCCC[n+]1ccccc1OC. The number of rotatable bonds is 16. The number of hydrogen-bond donors (Lipinski definition) is 0. The lowest BCUT2D eigenvalue weighted by Crippen LogP contribution is -2.34. The van der Waals surface area contributed by atoms with Gasteiger partial charge in [-0.15, -0.1) is 0 Å². The molecule has 0 saturated carbocycles. The predicted molar refractivity (Wildman–Crippen MR) is 104 cm³/mol. The zero-order valence-corrected chi connectivity index (χ0v) is 16.3. The Morgan fingerprint density at radius 3 is 1.71 bits per heavy atom. The third-order valence-electron chi connectivity index (χ3n) is 4.86. The first-order valence-electron chi connectivity index (χ1n) is 10.4. The average Bonchev–Trinajstić information content (AvgIpc) is 2.62. The van der Waals surface area contributed by atoms with Crippen molar-refractivity contribution in [2.24, 2.45) is 0 Å². The molecule has 24 heavy (non-hydrogen) atoms. The van der Waals surface area contributed by atoms with E-state index < -0.39 is 0 Å². The fourth-order valence-electron chi connectivity index (χ4n) is 3.31. The fraction of sp³-hybridized carbons (Fsp3) is 0.773. The Balaban J connectivity index is 1.84. The normalized spacial score (nSPS) is 10.9. The monoisotopic (exact) mass is 334 g/mol. The highest BCUT2D eigenvalue weighted by atomic mass is 16.5. The molecule has 0 aromatic carbocycles. The lowest BCUT2D eigenvalue weighted by Gasteiger charge is -2.03. The van der Waals surface area contributed by atoms with Gasteiger partial charge in [0.15, 0.2) is 12.7 Å². The Bertz CT molecular complexity index is 391. The highest BCUT2D eigenvalue weighted by Gasteiger charge is 2.07. The van der Waals surface area contributed by atoms with Gasteiger partial charge in [0.05, 0.1) is 13.2 Å². The van der Waals surface area contributed by atoms with Gasteiger partial charge in [0.2, 0.25) is 0 Å². The zero-order valence-electron chi connectivity index (χ0n) is 16.3. The van der Waals surface area contributed by atoms with Crippen molar-refractivity contribution in [2.45, 2.75) is 103 Å². The highest BCUT2D eigenvalue weighted by molar-refractivity contribution is 5.01. The molecule has 0 radical (unpaired) electrons. The third-order valence-corrected chi connectivity index (χ3v) is 4.86. The van der Waals surface area contributed by atoms with Crippen molar-refractivity contribution in [1.82, 2.24) is 0 Å². The Hall–Kier alpha value is -1.05. The molecule has 138 valence electrons. The van der Waals surface area contributed by atoms with E-state index in [4.69, 9.17) is 4.74 Å². The van der Waals surface area contributed by atoms with Crippen molar-refractivity contribution in [3.05, 3.63) is 24.4 Å². The van der Waals surface area contributed by atoms with E-state index in [-0.39, 0.29) is 0 Å². The van der Waals surface area contributed by atoms with E-state index in [0.717, 1.165) is 12.4 Å². The molecule has 2 heteroatoms. The molecule has 1 aromatic rings. The second kappa shape index (κ2) is 15.5. The smallest absolute Gasteiger partial charge is 0.367 e. The molecule has 0 aliphatic heterocycles. The molecule has 0 saturated heterocycles. The Kier molecular flexibility index (Phi) is 13.5. The van der Waals surface area contributed by atoms with Crippen LogP contribution in [-0.4, -0.2) is 7.11 Å². The summed E-state index contributed by atoms with van der Waals surface area (Å²) >= 11 is 0. The molecule has 1 rings (SSSR count). The summed E-state index contributed by atoms with van der Waals surface area (Å²) in [5.41, 5.74) is 0. The number of nitrogens with zero attached hydrogens (tertiary/aromatic N) is 1. The number of aromatic nitrogens is 1. The standard InChI is InChI=1S/C22H40NO/c1-3-4-5-6-7-8-9-10-11-12-13-14-15-17-20-23-21-18-16-19-22(23)24-2/h16,18-19,21H,3-15,17,20H2,1-2H3/q+1. The van der Waals surface area contributed by atoms with Crippen molar-refractivity contribution in [3.63, 3.8) is 0 Å². The van der Waals surface area contributed by atoms with E-state index in [0.29, 0.717) is 0 Å². The first-order chi connectivity index (χ1) is 11.9. The van der Waals surface area contributed by atoms with Gasteiger partial charge in [-0.25, -0.2) is 0 Å². The molecule has 1 heterocycles. The summed E-state index contributed by atoms with van der Waals surface area (Å²) in [5.74, 6) is 0.965. The van der Waals surface area contributed by atoms with Crippen LogP contribution < -0.4 is 9.30 Å². The van der Waals surface area contributed by atoms with Gasteiger partial charge in [-0.05, 0) is 12.5 Å². The lowest BCUT2D eigenvalue weighted by atomic mass is 10.0. The van der Waals surface area contributed by atoms with E-state index >= 15 is 0 Å². The van der Waals surface area contributed by atoms with E-state index in [1.54, 1.807) is 7.11 Å². The molecular weight excluding hydrogens is 294 g/mol. The number of pyridine rings is 1. The first-order valence-corrected chi connectivity index (χ1v) is 10.4. The van der Waals surface area contributed by atoms with Crippen LogP contribution in [0.4, 0.5) is 0 Å². The Morgan fingerprint density at radius 1 is 0.708 bits per heavy atom. The minimum atomic E-state index is 0.965. The van der Waals surface area contributed by atoms with E-state index in [2.05, 4.69) is 23.8 Å². The summed E-state index contributed by atoms with van der Waals surface area (Å²) in [4.78, 5) is 0. The van der Waals surface area contributed by atoms with Gasteiger partial charge in [0.25, 0.3) is 0 Å². The van der Waals surface area contributed by atoms with E-state index in [1.807, 2.05) is 12.1 Å². The molecule has 1 aromatic heterocycles. The molecule has 0 unspecified atom stereocenters. The van der Waals surface area contributed by atoms with Crippen LogP contribution >= 0.6 is 0 Å². The quantitative estimate of drug-likeness (QED) is 0.249.